The molecule has 0 fully saturated rings. The Labute approximate surface area is 103 Å². The molecule has 0 aliphatic carbocycles. The molecule has 0 unspecified atom stereocenters. The van der Waals surface area contributed by atoms with Crippen molar-refractivity contribution < 1.29 is 4.42 Å². The standard InChI is InChI=1S/C9H6BrIN2O/c10-7-3-1-2-6(4-7)5-8-12-13-9(11)14-8/h1-4H,5H2. The van der Waals surface area contributed by atoms with Gasteiger partial charge >= 0.3 is 0 Å². The molecule has 2 aromatic rings. The number of halogens is 2. The van der Waals surface area contributed by atoms with E-state index >= 15 is 0 Å². The highest BCUT2D eigenvalue weighted by Gasteiger charge is 2.04. The van der Waals surface area contributed by atoms with Crippen LogP contribution in [0.5, 0.6) is 0 Å². The molecule has 0 N–H and O–H groups in total. The van der Waals surface area contributed by atoms with Gasteiger partial charge in [0, 0.05) is 27.1 Å². The highest BCUT2D eigenvalue weighted by molar-refractivity contribution is 14.1. The van der Waals surface area contributed by atoms with Gasteiger partial charge in [0.05, 0.1) is 6.42 Å². The Morgan fingerprint density at radius 2 is 2.21 bits per heavy atom. The molecule has 14 heavy (non-hydrogen) atoms. The first-order valence-electron chi connectivity index (χ1n) is 3.96. The molecule has 0 aliphatic rings. The van der Waals surface area contributed by atoms with Gasteiger partial charge in [-0.05, 0) is 17.7 Å². The van der Waals surface area contributed by atoms with Crippen molar-refractivity contribution in [2.75, 3.05) is 0 Å². The smallest absolute Gasteiger partial charge is 0.278 e. The summed E-state index contributed by atoms with van der Waals surface area (Å²) >= 11 is 5.41. The molecule has 72 valence electrons. The van der Waals surface area contributed by atoms with Gasteiger partial charge in [-0.1, -0.05) is 28.1 Å². The molecule has 0 bridgehead atoms. The van der Waals surface area contributed by atoms with Crippen LogP contribution in [0.3, 0.4) is 0 Å². The zero-order valence-corrected chi connectivity index (χ0v) is 10.8. The van der Waals surface area contributed by atoms with Crippen molar-refractivity contribution in [2.45, 2.75) is 6.42 Å². The summed E-state index contributed by atoms with van der Waals surface area (Å²) in [4.78, 5) is 0. The van der Waals surface area contributed by atoms with Crippen molar-refractivity contribution >= 4 is 38.5 Å². The molecule has 0 radical (unpaired) electrons. The Hall–Kier alpha value is -0.430. The van der Waals surface area contributed by atoms with Crippen LogP contribution in [0.1, 0.15) is 11.5 Å². The average Bonchev–Trinajstić information content (AvgIpc) is 2.51. The highest BCUT2D eigenvalue weighted by atomic mass is 127. The van der Waals surface area contributed by atoms with E-state index in [2.05, 4.69) is 26.1 Å². The Morgan fingerprint density at radius 3 is 2.86 bits per heavy atom. The Morgan fingerprint density at radius 1 is 1.36 bits per heavy atom. The van der Waals surface area contributed by atoms with Crippen molar-refractivity contribution in [2.24, 2.45) is 0 Å². The van der Waals surface area contributed by atoms with Crippen LogP contribution >= 0.6 is 38.5 Å². The highest BCUT2D eigenvalue weighted by Crippen LogP contribution is 2.15. The first kappa shape index (κ1) is 10.1. The molecule has 0 amide bonds. The maximum Gasteiger partial charge on any atom is 0.278 e. The minimum absolute atomic E-state index is 0.576. The van der Waals surface area contributed by atoms with Crippen LogP contribution in [0.2, 0.25) is 0 Å². The van der Waals surface area contributed by atoms with Gasteiger partial charge in [0.2, 0.25) is 5.89 Å². The zero-order valence-electron chi connectivity index (χ0n) is 7.08. The molecule has 0 aliphatic heterocycles. The Kier molecular flexibility index (Phi) is 3.17. The zero-order chi connectivity index (χ0) is 9.97. The fraction of sp³-hybridized carbons (Fsp3) is 0.111. The lowest BCUT2D eigenvalue weighted by atomic mass is 10.1. The van der Waals surface area contributed by atoms with E-state index in [1.807, 2.05) is 46.9 Å². The second kappa shape index (κ2) is 4.39. The summed E-state index contributed by atoms with van der Waals surface area (Å²) in [6.45, 7) is 0. The molecule has 1 aromatic carbocycles. The average molecular weight is 365 g/mol. The fourth-order valence-electron chi connectivity index (χ4n) is 1.13. The molecule has 1 heterocycles. The van der Waals surface area contributed by atoms with Gasteiger partial charge in [-0.3, -0.25) is 0 Å². The van der Waals surface area contributed by atoms with Gasteiger partial charge < -0.3 is 4.42 Å². The maximum absolute atomic E-state index is 5.28. The van der Waals surface area contributed by atoms with Crippen molar-refractivity contribution in [3.8, 4) is 0 Å². The van der Waals surface area contributed by atoms with Gasteiger partial charge in [0.1, 0.15) is 0 Å². The van der Waals surface area contributed by atoms with E-state index in [0.717, 1.165) is 10.0 Å². The summed E-state index contributed by atoms with van der Waals surface area (Å²) in [5.41, 5.74) is 1.15. The topological polar surface area (TPSA) is 38.9 Å². The molecule has 0 saturated carbocycles. The van der Waals surface area contributed by atoms with E-state index < -0.39 is 0 Å². The summed E-state index contributed by atoms with van der Waals surface area (Å²) in [7, 11) is 0. The lowest BCUT2D eigenvalue weighted by molar-refractivity contribution is 0.479. The second-order valence-electron chi connectivity index (χ2n) is 2.76. The van der Waals surface area contributed by atoms with Crippen molar-refractivity contribution in [1.29, 1.82) is 0 Å². The third-order valence-electron chi connectivity index (χ3n) is 1.69. The molecule has 3 nitrogen and oxygen atoms in total. The van der Waals surface area contributed by atoms with Crippen LogP contribution < -0.4 is 0 Å². The number of hydrogen-bond acceptors (Lipinski definition) is 3. The van der Waals surface area contributed by atoms with Gasteiger partial charge in [-0.15, -0.1) is 10.2 Å². The van der Waals surface area contributed by atoms with Crippen LogP contribution in [-0.2, 0) is 6.42 Å². The lowest BCUT2D eigenvalue weighted by Crippen LogP contribution is -1.87. The SMILES string of the molecule is Brc1cccc(Cc2nnc(I)o2)c1. The number of rotatable bonds is 2. The summed E-state index contributed by atoms with van der Waals surface area (Å²) in [6.07, 6.45) is 0.676. The van der Waals surface area contributed by atoms with E-state index in [1.54, 1.807) is 0 Å². The third-order valence-corrected chi connectivity index (χ3v) is 2.62. The van der Waals surface area contributed by atoms with Crippen LogP contribution in [0.4, 0.5) is 0 Å². The number of nitrogens with zero attached hydrogens (tertiary/aromatic N) is 2. The normalized spacial score (nSPS) is 10.4. The van der Waals surface area contributed by atoms with Gasteiger partial charge in [0.15, 0.2) is 0 Å². The maximum atomic E-state index is 5.28. The summed E-state index contributed by atoms with van der Waals surface area (Å²) < 4.78 is 6.91. The summed E-state index contributed by atoms with van der Waals surface area (Å²) in [5.74, 6) is 0.646. The first-order chi connectivity index (χ1) is 6.74. The van der Waals surface area contributed by atoms with Gasteiger partial charge in [0.25, 0.3) is 3.90 Å². The van der Waals surface area contributed by atoms with Crippen molar-refractivity contribution in [3.05, 3.63) is 44.1 Å². The predicted molar refractivity (Wildman–Crippen MR) is 64.0 cm³/mol. The summed E-state index contributed by atoms with van der Waals surface area (Å²) in [6, 6.07) is 8.04. The molecule has 0 atom stereocenters. The quantitative estimate of drug-likeness (QED) is 0.769. The molecular formula is C9H6BrIN2O. The summed E-state index contributed by atoms with van der Waals surface area (Å²) in [5, 5.41) is 7.69. The van der Waals surface area contributed by atoms with Gasteiger partial charge in [-0.25, -0.2) is 0 Å². The molecule has 5 heteroatoms. The molecule has 0 saturated heterocycles. The van der Waals surface area contributed by atoms with Crippen LogP contribution in [0.25, 0.3) is 0 Å². The van der Waals surface area contributed by atoms with E-state index in [-0.39, 0.29) is 0 Å². The van der Waals surface area contributed by atoms with Crippen LogP contribution in [-0.4, -0.2) is 10.2 Å². The first-order valence-corrected chi connectivity index (χ1v) is 5.83. The van der Waals surface area contributed by atoms with E-state index in [1.165, 1.54) is 0 Å². The minimum atomic E-state index is 0.576. The van der Waals surface area contributed by atoms with Gasteiger partial charge in [-0.2, -0.15) is 0 Å². The Bertz CT molecular complexity index is 444. The van der Waals surface area contributed by atoms with Crippen LogP contribution in [0.15, 0.2) is 33.2 Å². The molecule has 2 rings (SSSR count). The monoisotopic (exact) mass is 364 g/mol. The predicted octanol–water partition coefficient (Wildman–Crippen LogP) is 3.03. The van der Waals surface area contributed by atoms with E-state index in [4.69, 9.17) is 4.42 Å². The van der Waals surface area contributed by atoms with Crippen LogP contribution in [0, 0.1) is 3.90 Å². The fourth-order valence-corrected chi connectivity index (χ4v) is 1.93. The molecular weight excluding hydrogens is 359 g/mol. The molecule has 0 spiro atoms. The minimum Gasteiger partial charge on any atom is -0.416 e. The van der Waals surface area contributed by atoms with E-state index in [9.17, 15) is 0 Å². The van der Waals surface area contributed by atoms with Crippen molar-refractivity contribution in [3.63, 3.8) is 0 Å². The second-order valence-corrected chi connectivity index (χ2v) is 4.59. The van der Waals surface area contributed by atoms with Crippen molar-refractivity contribution in [1.82, 2.24) is 10.2 Å². The molecule has 1 aromatic heterocycles. The third kappa shape index (κ3) is 2.54. The number of aromatic nitrogens is 2. The Balaban J connectivity index is 2.18. The van der Waals surface area contributed by atoms with E-state index in [0.29, 0.717) is 16.2 Å². The largest absolute Gasteiger partial charge is 0.416 e. The lowest BCUT2D eigenvalue weighted by Gasteiger charge is -1.96. The number of benzene rings is 1. The number of hydrogen-bond donors (Lipinski definition) is 0.